The molecular formula is C16H23BrClNO2. The number of ether oxygens (including phenoxy) is 2. The van der Waals surface area contributed by atoms with Gasteiger partial charge in [0.25, 0.3) is 0 Å². The number of benzene rings is 1. The minimum absolute atomic E-state index is 0.410. The van der Waals surface area contributed by atoms with Gasteiger partial charge in [-0.15, -0.1) is 0 Å². The van der Waals surface area contributed by atoms with Crippen LogP contribution in [0.5, 0.6) is 11.5 Å². The first-order valence-corrected chi connectivity index (χ1v) is 8.35. The molecule has 0 heterocycles. The first-order valence-electron chi connectivity index (χ1n) is 7.12. The maximum absolute atomic E-state index is 5.70. The van der Waals surface area contributed by atoms with Crippen LogP contribution >= 0.6 is 27.5 Å². The minimum atomic E-state index is 0.410. The van der Waals surface area contributed by atoms with Crippen LogP contribution in [0.4, 0.5) is 0 Å². The molecule has 0 aromatic heterocycles. The predicted molar refractivity (Wildman–Crippen MR) is 92.3 cm³/mol. The second kappa shape index (κ2) is 10.1. The molecule has 0 aliphatic carbocycles. The molecule has 1 N–H and O–H groups in total. The molecule has 0 spiro atoms. The van der Waals surface area contributed by atoms with Crippen molar-refractivity contribution in [3.8, 4) is 11.5 Å². The van der Waals surface area contributed by atoms with Gasteiger partial charge in [-0.3, -0.25) is 0 Å². The molecule has 118 valence electrons. The van der Waals surface area contributed by atoms with E-state index in [1.54, 1.807) is 6.08 Å². The molecule has 1 rings (SSSR count). The van der Waals surface area contributed by atoms with Gasteiger partial charge in [0.1, 0.15) is 6.61 Å². The van der Waals surface area contributed by atoms with E-state index >= 15 is 0 Å². The van der Waals surface area contributed by atoms with Crippen molar-refractivity contribution in [1.82, 2.24) is 5.32 Å². The van der Waals surface area contributed by atoms with Crippen molar-refractivity contribution in [3.05, 3.63) is 33.8 Å². The van der Waals surface area contributed by atoms with Gasteiger partial charge >= 0.3 is 0 Å². The maximum atomic E-state index is 5.70. The van der Waals surface area contributed by atoms with Crippen LogP contribution < -0.4 is 14.8 Å². The molecule has 1 aromatic carbocycles. The molecule has 0 atom stereocenters. The molecule has 0 aliphatic heterocycles. The van der Waals surface area contributed by atoms with E-state index in [0.29, 0.717) is 24.9 Å². The second-order valence-electron chi connectivity index (χ2n) is 5.04. The molecule has 0 aliphatic rings. The lowest BCUT2D eigenvalue weighted by Gasteiger charge is -2.15. The van der Waals surface area contributed by atoms with Gasteiger partial charge < -0.3 is 14.8 Å². The molecule has 5 heteroatoms. The summed E-state index contributed by atoms with van der Waals surface area (Å²) >= 11 is 9.06. The molecule has 0 saturated heterocycles. The Balaban J connectivity index is 2.84. The highest BCUT2D eigenvalue weighted by Gasteiger charge is 2.12. The van der Waals surface area contributed by atoms with E-state index < -0.39 is 0 Å². The summed E-state index contributed by atoms with van der Waals surface area (Å²) in [6.45, 7) is 9.13. The summed E-state index contributed by atoms with van der Waals surface area (Å²) in [7, 11) is 0. The highest BCUT2D eigenvalue weighted by atomic mass is 79.9. The summed E-state index contributed by atoms with van der Waals surface area (Å²) in [5, 5.41) is 3.42. The van der Waals surface area contributed by atoms with Gasteiger partial charge in [0.05, 0.1) is 11.1 Å². The summed E-state index contributed by atoms with van der Waals surface area (Å²) in [5.41, 5.74) is 2.60. The monoisotopic (exact) mass is 375 g/mol. The second-order valence-corrected chi connectivity index (χ2v) is 6.14. The average Bonchev–Trinajstić information content (AvgIpc) is 2.42. The molecule has 21 heavy (non-hydrogen) atoms. The van der Waals surface area contributed by atoms with Crippen molar-refractivity contribution < 1.29 is 9.47 Å². The number of rotatable bonds is 9. The molecule has 0 saturated carbocycles. The van der Waals surface area contributed by atoms with Gasteiger partial charge in [-0.25, -0.2) is 0 Å². The zero-order valence-electron chi connectivity index (χ0n) is 12.8. The largest absolute Gasteiger partial charge is 0.490 e. The fourth-order valence-corrected chi connectivity index (χ4v) is 2.48. The Hall–Kier alpha value is -0.710. The van der Waals surface area contributed by atoms with Crippen LogP contribution in [-0.2, 0) is 6.54 Å². The van der Waals surface area contributed by atoms with Crippen LogP contribution in [-0.4, -0.2) is 19.8 Å². The van der Waals surface area contributed by atoms with Crippen molar-refractivity contribution in [2.45, 2.75) is 27.3 Å². The Morgan fingerprint density at radius 2 is 2.10 bits per heavy atom. The van der Waals surface area contributed by atoms with Crippen molar-refractivity contribution in [3.63, 3.8) is 0 Å². The Labute approximate surface area is 140 Å². The van der Waals surface area contributed by atoms with Gasteiger partial charge in [-0.05, 0) is 59.1 Å². The smallest absolute Gasteiger partial charge is 0.175 e. The first kappa shape index (κ1) is 18.3. The Morgan fingerprint density at radius 1 is 1.33 bits per heavy atom. The number of hydrogen-bond donors (Lipinski definition) is 1. The van der Waals surface area contributed by atoms with E-state index in [-0.39, 0.29) is 0 Å². The van der Waals surface area contributed by atoms with Crippen molar-refractivity contribution in [2.75, 3.05) is 19.8 Å². The van der Waals surface area contributed by atoms with Crippen molar-refractivity contribution >= 4 is 27.5 Å². The zero-order chi connectivity index (χ0) is 15.7. The SMILES string of the molecule is CCOc1cc(CNCC(C)C)cc(Br)c1OCC=CCl. The minimum Gasteiger partial charge on any atom is -0.490 e. The first-order chi connectivity index (χ1) is 10.1. The normalized spacial score (nSPS) is 11.3. The zero-order valence-corrected chi connectivity index (χ0v) is 15.1. The van der Waals surface area contributed by atoms with Crippen LogP contribution in [0.2, 0.25) is 0 Å². The Bertz CT molecular complexity index is 464. The number of nitrogens with one attached hydrogen (secondary N) is 1. The predicted octanol–water partition coefficient (Wildman–Crippen LogP) is 4.72. The summed E-state index contributed by atoms with van der Waals surface area (Å²) in [4.78, 5) is 0. The van der Waals surface area contributed by atoms with Gasteiger partial charge in [-0.1, -0.05) is 25.4 Å². The third-order valence-corrected chi connectivity index (χ3v) is 3.43. The van der Waals surface area contributed by atoms with Crippen LogP contribution in [0.1, 0.15) is 26.3 Å². The standard InChI is InChI=1S/C16H23BrClNO2/c1-4-20-15-9-13(11-19-10-12(2)3)8-14(17)16(15)21-7-5-6-18/h5-6,8-9,12,19H,4,7,10-11H2,1-3H3. The lowest BCUT2D eigenvalue weighted by atomic mass is 10.2. The van der Waals surface area contributed by atoms with Crippen molar-refractivity contribution in [2.24, 2.45) is 5.92 Å². The van der Waals surface area contributed by atoms with E-state index in [4.69, 9.17) is 21.1 Å². The Kier molecular flexibility index (Phi) is 8.81. The van der Waals surface area contributed by atoms with Gasteiger partial charge in [0.15, 0.2) is 11.5 Å². The summed E-state index contributed by atoms with van der Waals surface area (Å²) < 4.78 is 12.3. The van der Waals surface area contributed by atoms with Crippen LogP contribution in [0.25, 0.3) is 0 Å². The number of halogens is 2. The molecule has 0 bridgehead atoms. The lowest BCUT2D eigenvalue weighted by molar-refractivity contribution is 0.295. The molecule has 3 nitrogen and oxygen atoms in total. The third kappa shape index (κ3) is 6.72. The van der Waals surface area contributed by atoms with Crippen molar-refractivity contribution in [1.29, 1.82) is 0 Å². The lowest BCUT2D eigenvalue weighted by Crippen LogP contribution is -2.19. The molecular weight excluding hydrogens is 354 g/mol. The van der Waals surface area contributed by atoms with Gasteiger partial charge in [0.2, 0.25) is 0 Å². The summed E-state index contributed by atoms with van der Waals surface area (Å²) in [6, 6.07) is 4.07. The molecule has 1 aromatic rings. The molecule has 0 radical (unpaired) electrons. The van der Waals surface area contributed by atoms with Crippen LogP contribution in [0, 0.1) is 5.92 Å². The maximum Gasteiger partial charge on any atom is 0.175 e. The molecule has 0 unspecified atom stereocenters. The fraction of sp³-hybridized carbons (Fsp3) is 0.500. The summed E-state index contributed by atoms with van der Waals surface area (Å²) in [6.07, 6.45) is 1.74. The van der Waals surface area contributed by atoms with E-state index in [9.17, 15) is 0 Å². The van der Waals surface area contributed by atoms with E-state index in [0.717, 1.165) is 28.9 Å². The van der Waals surface area contributed by atoms with E-state index in [1.165, 1.54) is 5.54 Å². The average molecular weight is 377 g/mol. The summed E-state index contributed by atoms with van der Waals surface area (Å²) in [5.74, 6) is 2.08. The highest BCUT2D eigenvalue weighted by Crippen LogP contribution is 2.37. The van der Waals surface area contributed by atoms with Crippen LogP contribution in [0.3, 0.4) is 0 Å². The van der Waals surface area contributed by atoms with Gasteiger partial charge in [-0.2, -0.15) is 0 Å². The van der Waals surface area contributed by atoms with E-state index in [2.05, 4.69) is 41.2 Å². The third-order valence-electron chi connectivity index (χ3n) is 2.66. The molecule has 0 fully saturated rings. The van der Waals surface area contributed by atoms with E-state index in [1.807, 2.05) is 13.0 Å². The molecule has 0 amide bonds. The number of hydrogen-bond acceptors (Lipinski definition) is 3. The van der Waals surface area contributed by atoms with Gasteiger partial charge in [0, 0.05) is 12.1 Å². The highest BCUT2D eigenvalue weighted by molar-refractivity contribution is 9.10. The van der Waals surface area contributed by atoms with Crippen LogP contribution in [0.15, 0.2) is 28.2 Å². The Morgan fingerprint density at radius 3 is 2.71 bits per heavy atom. The quantitative estimate of drug-likeness (QED) is 0.676. The topological polar surface area (TPSA) is 30.5 Å². The fourth-order valence-electron chi connectivity index (χ4n) is 1.80.